The van der Waals surface area contributed by atoms with E-state index in [1.807, 2.05) is 0 Å². The van der Waals surface area contributed by atoms with E-state index >= 15 is 0 Å². The lowest BCUT2D eigenvalue weighted by molar-refractivity contribution is -0.138. The van der Waals surface area contributed by atoms with Crippen LogP contribution >= 0.6 is 11.8 Å². The molecule has 0 spiro atoms. The summed E-state index contributed by atoms with van der Waals surface area (Å²) >= 11 is 1.00. The quantitative estimate of drug-likeness (QED) is 0.645. The van der Waals surface area contributed by atoms with Crippen LogP contribution in [0.4, 0.5) is 0 Å². The van der Waals surface area contributed by atoms with Crippen molar-refractivity contribution in [1.29, 1.82) is 0 Å². The second-order valence-corrected chi connectivity index (χ2v) is 4.21. The van der Waals surface area contributed by atoms with Crippen molar-refractivity contribution in [3.63, 3.8) is 0 Å². The van der Waals surface area contributed by atoms with Crippen LogP contribution in [0.15, 0.2) is 11.4 Å². The van der Waals surface area contributed by atoms with E-state index in [4.69, 9.17) is 10.8 Å². The number of nitrogens with one attached hydrogen (secondary N) is 1. The molecular formula is C9H13N3O3S. The number of aromatic amines is 1. The molecular weight excluding hydrogens is 230 g/mol. The summed E-state index contributed by atoms with van der Waals surface area (Å²) in [6.07, 6.45) is 1.96. The standard InChI is InChI=1S/C9H13N3O3S/c1-2-7(13)16-8-6(11-4-12-8)3-5(10)9(14)15/h4-5H,2-3,10H2,1H3,(H,11,12)(H,14,15)/t5-/m0/s1. The average molecular weight is 243 g/mol. The van der Waals surface area contributed by atoms with E-state index in [1.165, 1.54) is 6.33 Å². The van der Waals surface area contributed by atoms with Gasteiger partial charge in [-0.15, -0.1) is 0 Å². The van der Waals surface area contributed by atoms with Crippen LogP contribution in [0.5, 0.6) is 0 Å². The van der Waals surface area contributed by atoms with Crippen LogP contribution < -0.4 is 5.73 Å². The Morgan fingerprint density at radius 3 is 2.94 bits per heavy atom. The molecule has 6 nitrogen and oxygen atoms in total. The van der Waals surface area contributed by atoms with E-state index in [1.54, 1.807) is 6.92 Å². The number of nitrogens with two attached hydrogens (primary N) is 1. The minimum Gasteiger partial charge on any atom is -0.480 e. The molecule has 0 unspecified atom stereocenters. The van der Waals surface area contributed by atoms with Crippen LogP contribution in [0.1, 0.15) is 19.0 Å². The van der Waals surface area contributed by atoms with E-state index < -0.39 is 12.0 Å². The third-order valence-electron chi connectivity index (χ3n) is 1.92. The van der Waals surface area contributed by atoms with Gasteiger partial charge in [-0.05, 0) is 11.8 Å². The number of imidazole rings is 1. The smallest absolute Gasteiger partial charge is 0.320 e. The first-order valence-electron chi connectivity index (χ1n) is 4.76. The average Bonchev–Trinajstić information content (AvgIpc) is 2.65. The molecule has 16 heavy (non-hydrogen) atoms. The Hall–Kier alpha value is -1.34. The molecule has 1 atom stereocenters. The van der Waals surface area contributed by atoms with Crippen LogP contribution in [-0.4, -0.2) is 32.2 Å². The Balaban J connectivity index is 2.70. The van der Waals surface area contributed by atoms with Gasteiger partial charge in [0.2, 0.25) is 0 Å². The number of carboxylic acids is 1. The number of carboxylic acid groups (broad SMARTS) is 1. The molecule has 0 radical (unpaired) electrons. The van der Waals surface area contributed by atoms with Crippen molar-refractivity contribution >= 4 is 22.8 Å². The van der Waals surface area contributed by atoms with Gasteiger partial charge in [-0.25, -0.2) is 4.98 Å². The fraction of sp³-hybridized carbons (Fsp3) is 0.444. The molecule has 1 aromatic heterocycles. The molecule has 0 aliphatic rings. The lowest BCUT2D eigenvalue weighted by Crippen LogP contribution is -2.32. The van der Waals surface area contributed by atoms with E-state index in [2.05, 4.69) is 9.97 Å². The number of hydrogen-bond donors (Lipinski definition) is 3. The van der Waals surface area contributed by atoms with Gasteiger partial charge in [-0.3, -0.25) is 9.59 Å². The van der Waals surface area contributed by atoms with E-state index in [0.29, 0.717) is 17.1 Å². The van der Waals surface area contributed by atoms with Crippen molar-refractivity contribution in [2.75, 3.05) is 0 Å². The lowest BCUT2D eigenvalue weighted by atomic mass is 10.2. The molecule has 0 amide bonds. The van der Waals surface area contributed by atoms with Crippen LogP contribution in [0, 0.1) is 0 Å². The van der Waals surface area contributed by atoms with Crippen molar-refractivity contribution in [2.45, 2.75) is 30.8 Å². The number of carbonyl (C=O) groups excluding carboxylic acids is 1. The SMILES string of the molecule is CCC(=O)Sc1nc[nH]c1C[C@H](N)C(=O)O. The largest absolute Gasteiger partial charge is 0.480 e. The maximum absolute atomic E-state index is 11.2. The summed E-state index contributed by atoms with van der Waals surface area (Å²) in [7, 11) is 0. The fourth-order valence-electron chi connectivity index (χ4n) is 1.03. The molecule has 0 fully saturated rings. The molecule has 0 aliphatic heterocycles. The third kappa shape index (κ3) is 3.35. The van der Waals surface area contributed by atoms with Gasteiger partial charge in [-0.1, -0.05) is 6.92 Å². The first kappa shape index (κ1) is 12.7. The Morgan fingerprint density at radius 2 is 2.38 bits per heavy atom. The van der Waals surface area contributed by atoms with Crippen molar-refractivity contribution in [3.8, 4) is 0 Å². The van der Waals surface area contributed by atoms with Gasteiger partial charge in [0, 0.05) is 12.8 Å². The van der Waals surface area contributed by atoms with Gasteiger partial charge in [-0.2, -0.15) is 0 Å². The summed E-state index contributed by atoms with van der Waals surface area (Å²) in [5.74, 6) is -1.08. The summed E-state index contributed by atoms with van der Waals surface area (Å²) in [6.45, 7) is 1.75. The zero-order valence-electron chi connectivity index (χ0n) is 8.77. The second kappa shape index (κ2) is 5.66. The molecule has 88 valence electrons. The number of aromatic nitrogens is 2. The fourth-order valence-corrected chi connectivity index (χ4v) is 1.76. The maximum Gasteiger partial charge on any atom is 0.320 e. The zero-order chi connectivity index (χ0) is 12.1. The first-order valence-corrected chi connectivity index (χ1v) is 5.57. The molecule has 7 heteroatoms. The number of aliphatic carboxylic acids is 1. The van der Waals surface area contributed by atoms with Gasteiger partial charge in [0.25, 0.3) is 0 Å². The van der Waals surface area contributed by atoms with Crippen molar-refractivity contribution in [3.05, 3.63) is 12.0 Å². The molecule has 4 N–H and O–H groups in total. The monoisotopic (exact) mass is 243 g/mol. The predicted molar refractivity (Wildman–Crippen MR) is 59.1 cm³/mol. The number of rotatable bonds is 5. The normalized spacial score (nSPS) is 12.4. The van der Waals surface area contributed by atoms with Gasteiger partial charge in [0.15, 0.2) is 5.12 Å². The van der Waals surface area contributed by atoms with Crippen LogP contribution in [0.3, 0.4) is 0 Å². The topological polar surface area (TPSA) is 109 Å². The van der Waals surface area contributed by atoms with Crippen molar-refractivity contribution in [2.24, 2.45) is 5.73 Å². The Kier molecular flexibility index (Phi) is 4.51. The number of carbonyl (C=O) groups is 2. The Morgan fingerprint density at radius 1 is 1.69 bits per heavy atom. The zero-order valence-corrected chi connectivity index (χ0v) is 9.58. The molecule has 0 saturated heterocycles. The van der Waals surface area contributed by atoms with Gasteiger partial charge in [0.1, 0.15) is 11.1 Å². The highest BCUT2D eigenvalue weighted by Crippen LogP contribution is 2.21. The van der Waals surface area contributed by atoms with Gasteiger partial charge >= 0.3 is 5.97 Å². The third-order valence-corrected chi connectivity index (χ3v) is 2.98. The molecule has 0 aliphatic carbocycles. The summed E-state index contributed by atoms with van der Waals surface area (Å²) in [4.78, 5) is 28.5. The van der Waals surface area contributed by atoms with Crippen molar-refractivity contribution < 1.29 is 14.7 Å². The van der Waals surface area contributed by atoms with E-state index in [0.717, 1.165) is 11.8 Å². The lowest BCUT2D eigenvalue weighted by Gasteiger charge is -2.05. The van der Waals surface area contributed by atoms with E-state index in [9.17, 15) is 9.59 Å². The van der Waals surface area contributed by atoms with Crippen LogP contribution in [0.25, 0.3) is 0 Å². The van der Waals surface area contributed by atoms with Crippen LogP contribution in [0.2, 0.25) is 0 Å². The van der Waals surface area contributed by atoms with Crippen LogP contribution in [-0.2, 0) is 16.0 Å². The number of nitrogens with zero attached hydrogens (tertiary/aromatic N) is 1. The second-order valence-electron chi connectivity index (χ2n) is 3.16. The summed E-state index contributed by atoms with van der Waals surface area (Å²) in [5.41, 5.74) is 5.98. The minimum absolute atomic E-state index is 0.0164. The van der Waals surface area contributed by atoms with Gasteiger partial charge < -0.3 is 15.8 Å². The molecule has 0 bridgehead atoms. The molecule has 1 rings (SSSR count). The molecule has 0 saturated carbocycles. The van der Waals surface area contributed by atoms with Gasteiger partial charge in [0.05, 0.1) is 12.0 Å². The highest BCUT2D eigenvalue weighted by molar-refractivity contribution is 8.13. The number of hydrogen-bond acceptors (Lipinski definition) is 5. The number of H-pyrrole nitrogens is 1. The summed E-state index contributed by atoms with van der Waals surface area (Å²) in [5, 5.41) is 9.15. The summed E-state index contributed by atoms with van der Waals surface area (Å²) in [6, 6.07) is -0.989. The Labute approximate surface area is 96.6 Å². The first-order chi connectivity index (χ1) is 7.54. The van der Waals surface area contributed by atoms with E-state index in [-0.39, 0.29) is 11.5 Å². The minimum atomic E-state index is -1.08. The maximum atomic E-state index is 11.2. The number of thioether (sulfide) groups is 1. The summed E-state index contributed by atoms with van der Waals surface area (Å²) < 4.78 is 0. The molecule has 1 heterocycles. The molecule has 1 aromatic rings. The van der Waals surface area contributed by atoms with Crippen molar-refractivity contribution in [1.82, 2.24) is 9.97 Å². The predicted octanol–water partition coefficient (Wildman–Crippen LogP) is 0.393. The Bertz CT molecular complexity index is 391. The highest BCUT2D eigenvalue weighted by Gasteiger charge is 2.17. The highest BCUT2D eigenvalue weighted by atomic mass is 32.2. The molecule has 0 aromatic carbocycles.